The molecule has 0 spiro atoms. The van der Waals surface area contributed by atoms with Gasteiger partial charge in [0.05, 0.1) is 12.8 Å². The van der Waals surface area contributed by atoms with E-state index in [-0.39, 0.29) is 49.4 Å². The van der Waals surface area contributed by atoms with Crippen LogP contribution in [0.2, 0.25) is 10.0 Å². The van der Waals surface area contributed by atoms with E-state index in [1.54, 1.807) is 6.92 Å². The second-order valence-electron chi connectivity index (χ2n) is 6.72. The third-order valence-corrected chi connectivity index (χ3v) is 5.16. The van der Waals surface area contributed by atoms with Gasteiger partial charge >= 0.3 is 12.1 Å². The molecule has 4 rings (SSSR count). The molecular formula is C20H13Cl2F3N2O4. The molecule has 1 aliphatic heterocycles. The Morgan fingerprint density at radius 1 is 1.19 bits per heavy atom. The van der Waals surface area contributed by atoms with E-state index in [0.29, 0.717) is 0 Å². The number of fused-ring (bicyclic) bond motifs is 1. The first-order valence-corrected chi connectivity index (χ1v) is 9.50. The average molecular weight is 473 g/mol. The van der Waals surface area contributed by atoms with Crippen LogP contribution in [-0.2, 0) is 15.2 Å². The fourth-order valence-electron chi connectivity index (χ4n) is 3.35. The zero-order valence-electron chi connectivity index (χ0n) is 15.9. The Kier molecular flexibility index (Phi) is 5.15. The van der Waals surface area contributed by atoms with Gasteiger partial charge in [-0.2, -0.15) is 13.2 Å². The standard InChI is InChI=1S/C20H13Cl2F3N2O4/c1-9-26-16-13(3-4-14(17(16)30-9)18(28)29-2)15-8-19(31-27-15,20(23,24)25)10-5-11(21)7-12(22)6-10/h3-8,27H,1-2H3. The van der Waals surface area contributed by atoms with Gasteiger partial charge in [-0.25, -0.2) is 9.78 Å². The Morgan fingerprint density at radius 3 is 2.48 bits per heavy atom. The summed E-state index contributed by atoms with van der Waals surface area (Å²) in [5, 5.41) is 0.0436. The van der Waals surface area contributed by atoms with Crippen molar-refractivity contribution in [1.82, 2.24) is 10.5 Å². The molecule has 2 aromatic carbocycles. The van der Waals surface area contributed by atoms with E-state index in [9.17, 15) is 18.0 Å². The summed E-state index contributed by atoms with van der Waals surface area (Å²) in [6, 6.07) is 6.37. The number of hydrogen-bond donors (Lipinski definition) is 1. The molecule has 1 aliphatic rings. The van der Waals surface area contributed by atoms with Gasteiger partial charge in [-0.05, 0) is 36.4 Å². The summed E-state index contributed by atoms with van der Waals surface area (Å²) in [5.41, 5.74) is -0.283. The number of oxazole rings is 1. The van der Waals surface area contributed by atoms with Crippen molar-refractivity contribution < 1.29 is 32.0 Å². The maximum absolute atomic E-state index is 14.2. The summed E-state index contributed by atoms with van der Waals surface area (Å²) >= 11 is 11.8. The van der Waals surface area contributed by atoms with Crippen LogP contribution in [0.5, 0.6) is 0 Å². The average Bonchev–Trinajstić information content (AvgIpc) is 3.30. The highest BCUT2D eigenvalue weighted by Gasteiger charge is 2.59. The lowest BCUT2D eigenvalue weighted by atomic mass is 9.91. The van der Waals surface area contributed by atoms with Crippen LogP contribution in [0, 0.1) is 6.92 Å². The summed E-state index contributed by atoms with van der Waals surface area (Å²) in [7, 11) is 1.20. The first kappa shape index (κ1) is 21.5. The summed E-state index contributed by atoms with van der Waals surface area (Å²) < 4.78 is 52.8. The van der Waals surface area contributed by atoms with Gasteiger partial charge in [-0.3, -0.25) is 10.3 Å². The molecule has 6 nitrogen and oxygen atoms in total. The highest BCUT2D eigenvalue weighted by atomic mass is 35.5. The molecule has 2 heterocycles. The molecule has 0 bridgehead atoms. The van der Waals surface area contributed by atoms with Crippen LogP contribution in [0.15, 0.2) is 40.8 Å². The second kappa shape index (κ2) is 7.44. The van der Waals surface area contributed by atoms with Crippen molar-refractivity contribution in [3.63, 3.8) is 0 Å². The van der Waals surface area contributed by atoms with Gasteiger partial charge in [0.15, 0.2) is 11.5 Å². The van der Waals surface area contributed by atoms with E-state index in [0.717, 1.165) is 18.2 Å². The highest BCUT2D eigenvalue weighted by Crippen LogP contribution is 2.48. The number of alkyl halides is 3. The van der Waals surface area contributed by atoms with Crippen molar-refractivity contribution in [3.8, 4) is 0 Å². The second-order valence-corrected chi connectivity index (χ2v) is 7.59. The molecule has 0 saturated carbocycles. The number of aryl methyl sites for hydroxylation is 1. The smallest absolute Gasteiger partial charge is 0.428 e. The Balaban J connectivity index is 1.92. The normalized spacial score (nSPS) is 18.7. The highest BCUT2D eigenvalue weighted by molar-refractivity contribution is 6.34. The van der Waals surface area contributed by atoms with Crippen LogP contribution in [-0.4, -0.2) is 24.2 Å². The molecule has 11 heteroatoms. The minimum Gasteiger partial charge on any atom is -0.465 e. The van der Waals surface area contributed by atoms with Crippen molar-refractivity contribution in [1.29, 1.82) is 0 Å². The number of halogens is 5. The number of carbonyl (C=O) groups excluding carboxylic acids is 1. The van der Waals surface area contributed by atoms with Crippen molar-refractivity contribution >= 4 is 46.0 Å². The lowest BCUT2D eigenvalue weighted by molar-refractivity contribution is -0.269. The maximum atomic E-state index is 14.2. The third-order valence-electron chi connectivity index (χ3n) is 4.73. The topological polar surface area (TPSA) is 73.6 Å². The largest absolute Gasteiger partial charge is 0.465 e. The quantitative estimate of drug-likeness (QED) is 0.502. The summed E-state index contributed by atoms with van der Waals surface area (Å²) in [4.78, 5) is 21.3. The number of carbonyl (C=O) groups is 1. The van der Waals surface area contributed by atoms with Crippen molar-refractivity contribution in [2.75, 3.05) is 7.11 Å². The number of esters is 1. The molecule has 31 heavy (non-hydrogen) atoms. The number of hydrogen-bond acceptors (Lipinski definition) is 6. The molecule has 0 amide bonds. The summed E-state index contributed by atoms with van der Waals surface area (Å²) in [6.07, 6.45) is -3.99. The monoisotopic (exact) mass is 472 g/mol. The number of hydroxylamine groups is 1. The van der Waals surface area contributed by atoms with Gasteiger partial charge in [0.1, 0.15) is 11.1 Å². The number of rotatable bonds is 3. The van der Waals surface area contributed by atoms with Crippen LogP contribution in [0.25, 0.3) is 16.8 Å². The SMILES string of the molecule is COC(=O)c1ccc(C2=CC(c3cc(Cl)cc(Cl)c3)(C(F)(F)F)ON2)c2nc(C)oc12. The molecule has 1 atom stereocenters. The van der Waals surface area contributed by atoms with Crippen LogP contribution < -0.4 is 5.48 Å². The molecule has 1 N–H and O–H groups in total. The molecule has 3 aromatic rings. The molecule has 1 aromatic heterocycles. The first-order valence-electron chi connectivity index (χ1n) is 8.75. The van der Waals surface area contributed by atoms with Gasteiger partial charge in [0.2, 0.25) is 5.60 Å². The van der Waals surface area contributed by atoms with E-state index < -0.39 is 17.7 Å². The van der Waals surface area contributed by atoms with Gasteiger partial charge < -0.3 is 9.15 Å². The van der Waals surface area contributed by atoms with Gasteiger partial charge in [-0.1, -0.05) is 23.2 Å². The molecule has 0 saturated heterocycles. The predicted molar refractivity (Wildman–Crippen MR) is 106 cm³/mol. The number of ether oxygens (including phenoxy) is 1. The number of benzene rings is 2. The summed E-state index contributed by atoms with van der Waals surface area (Å²) in [6.45, 7) is 1.55. The van der Waals surface area contributed by atoms with Crippen molar-refractivity contribution in [2.45, 2.75) is 18.7 Å². The van der Waals surface area contributed by atoms with Crippen molar-refractivity contribution in [3.05, 3.63) is 69.0 Å². The van der Waals surface area contributed by atoms with E-state index in [2.05, 4.69) is 10.5 Å². The van der Waals surface area contributed by atoms with E-state index in [1.807, 2.05) is 0 Å². The zero-order valence-corrected chi connectivity index (χ0v) is 17.4. The Morgan fingerprint density at radius 2 is 1.87 bits per heavy atom. The van der Waals surface area contributed by atoms with Crippen LogP contribution >= 0.6 is 23.2 Å². The van der Waals surface area contributed by atoms with Crippen LogP contribution in [0.1, 0.15) is 27.4 Å². The molecule has 1 unspecified atom stereocenters. The number of methoxy groups -OCH3 is 1. The Hall–Kier alpha value is -2.75. The molecule has 0 aliphatic carbocycles. The van der Waals surface area contributed by atoms with Gasteiger partial charge in [-0.15, -0.1) is 0 Å². The lowest BCUT2D eigenvalue weighted by Crippen LogP contribution is -2.42. The van der Waals surface area contributed by atoms with E-state index in [1.165, 1.54) is 25.3 Å². The van der Waals surface area contributed by atoms with E-state index in [4.69, 9.17) is 37.2 Å². The zero-order chi connectivity index (χ0) is 22.6. The fraction of sp³-hybridized carbons (Fsp3) is 0.200. The maximum Gasteiger partial charge on any atom is 0.428 e. The Bertz CT molecular complexity index is 1220. The fourth-order valence-corrected chi connectivity index (χ4v) is 3.87. The Labute approximate surface area is 183 Å². The van der Waals surface area contributed by atoms with E-state index >= 15 is 0 Å². The van der Waals surface area contributed by atoms with Crippen LogP contribution in [0.4, 0.5) is 13.2 Å². The number of nitrogens with one attached hydrogen (secondary N) is 1. The predicted octanol–water partition coefficient (Wildman–Crippen LogP) is 5.56. The lowest BCUT2D eigenvalue weighted by Gasteiger charge is -2.28. The molecule has 162 valence electrons. The third kappa shape index (κ3) is 3.52. The number of nitrogens with zero attached hydrogens (tertiary/aromatic N) is 1. The first-order chi connectivity index (χ1) is 14.6. The minimum atomic E-state index is -4.86. The number of aromatic nitrogens is 1. The summed E-state index contributed by atoms with van der Waals surface area (Å²) in [5.74, 6) is -0.452. The van der Waals surface area contributed by atoms with Gasteiger partial charge in [0.25, 0.3) is 0 Å². The van der Waals surface area contributed by atoms with Crippen molar-refractivity contribution in [2.24, 2.45) is 0 Å². The molecule has 0 radical (unpaired) electrons. The molecule has 0 fully saturated rings. The van der Waals surface area contributed by atoms with Gasteiger partial charge in [0, 0.05) is 28.1 Å². The molecular weight excluding hydrogens is 460 g/mol. The minimum absolute atomic E-state index is 0.0218. The van der Waals surface area contributed by atoms with Crippen LogP contribution in [0.3, 0.4) is 0 Å².